The lowest BCUT2D eigenvalue weighted by Gasteiger charge is -2.07. The van der Waals surface area contributed by atoms with Crippen LogP contribution in [0.2, 0.25) is 0 Å². The van der Waals surface area contributed by atoms with E-state index in [1.807, 2.05) is 13.0 Å². The van der Waals surface area contributed by atoms with Crippen molar-refractivity contribution in [1.29, 1.82) is 0 Å². The van der Waals surface area contributed by atoms with Gasteiger partial charge in [0, 0.05) is 11.8 Å². The molecule has 0 radical (unpaired) electrons. The van der Waals surface area contributed by atoms with E-state index in [9.17, 15) is 13.2 Å². The minimum absolute atomic E-state index is 0.213. The van der Waals surface area contributed by atoms with Gasteiger partial charge in [-0.15, -0.1) is 0 Å². The highest BCUT2D eigenvalue weighted by Gasteiger charge is 2.12. The molecule has 0 fully saturated rings. The summed E-state index contributed by atoms with van der Waals surface area (Å²) >= 11 is 0. The first-order valence-electron chi connectivity index (χ1n) is 5.59. The predicted molar refractivity (Wildman–Crippen MR) is 75.5 cm³/mol. The van der Waals surface area contributed by atoms with Crippen LogP contribution in [-0.4, -0.2) is 32.9 Å². The van der Waals surface area contributed by atoms with Crippen molar-refractivity contribution in [2.75, 3.05) is 23.9 Å². The standard InChI is InChI=1S/C13H16N2O3S/c1-10-5-6-12(11(8-10)4-3-7-14)15-13(16)9-19(2,17)18/h5-6,8H,7,9,14H2,1-2H3,(H,15,16). The number of hydrogen-bond donors (Lipinski definition) is 2. The van der Waals surface area contributed by atoms with Crippen molar-refractivity contribution in [1.82, 2.24) is 0 Å². The van der Waals surface area contributed by atoms with Crippen LogP contribution >= 0.6 is 0 Å². The molecule has 6 heteroatoms. The van der Waals surface area contributed by atoms with Gasteiger partial charge >= 0.3 is 0 Å². The van der Waals surface area contributed by atoms with Crippen molar-refractivity contribution in [3.63, 3.8) is 0 Å². The molecule has 0 aliphatic heterocycles. The summed E-state index contributed by atoms with van der Waals surface area (Å²) in [5.41, 5.74) is 7.40. The highest BCUT2D eigenvalue weighted by molar-refractivity contribution is 7.91. The molecule has 0 bridgehead atoms. The zero-order valence-corrected chi connectivity index (χ0v) is 11.7. The number of carbonyl (C=O) groups is 1. The summed E-state index contributed by atoms with van der Waals surface area (Å²) in [4.78, 5) is 11.6. The van der Waals surface area contributed by atoms with E-state index >= 15 is 0 Å². The van der Waals surface area contributed by atoms with Crippen molar-refractivity contribution in [2.45, 2.75) is 6.92 Å². The van der Waals surface area contributed by atoms with Crippen molar-refractivity contribution in [2.24, 2.45) is 5.73 Å². The number of nitrogens with one attached hydrogen (secondary N) is 1. The summed E-state index contributed by atoms with van der Waals surface area (Å²) in [5.74, 6) is 4.41. The fourth-order valence-corrected chi connectivity index (χ4v) is 1.99. The highest BCUT2D eigenvalue weighted by Crippen LogP contribution is 2.16. The second kappa shape index (κ2) is 6.36. The third-order valence-electron chi connectivity index (χ3n) is 2.17. The SMILES string of the molecule is Cc1ccc(NC(=O)CS(C)(=O)=O)c(C#CCN)c1. The Morgan fingerprint density at radius 1 is 1.42 bits per heavy atom. The molecule has 1 aromatic rings. The topological polar surface area (TPSA) is 89.3 Å². The Morgan fingerprint density at radius 2 is 2.11 bits per heavy atom. The van der Waals surface area contributed by atoms with E-state index in [4.69, 9.17) is 5.73 Å². The number of aryl methyl sites for hydroxylation is 1. The van der Waals surface area contributed by atoms with Gasteiger partial charge in [0.1, 0.15) is 5.75 Å². The zero-order chi connectivity index (χ0) is 14.5. The molecular weight excluding hydrogens is 264 g/mol. The van der Waals surface area contributed by atoms with Gasteiger partial charge in [-0.2, -0.15) is 0 Å². The molecule has 0 spiro atoms. The Kier molecular flexibility index (Phi) is 5.10. The van der Waals surface area contributed by atoms with Gasteiger partial charge in [-0.05, 0) is 24.6 Å². The first-order chi connectivity index (χ1) is 8.81. The van der Waals surface area contributed by atoms with Gasteiger partial charge in [0.15, 0.2) is 9.84 Å². The molecule has 0 saturated heterocycles. The van der Waals surface area contributed by atoms with Crippen molar-refractivity contribution in [3.8, 4) is 11.8 Å². The van der Waals surface area contributed by atoms with Crippen LogP contribution < -0.4 is 11.1 Å². The number of anilines is 1. The molecular formula is C13H16N2O3S. The van der Waals surface area contributed by atoms with Crippen LogP contribution in [0, 0.1) is 18.8 Å². The zero-order valence-electron chi connectivity index (χ0n) is 10.9. The van der Waals surface area contributed by atoms with Gasteiger partial charge in [0.2, 0.25) is 5.91 Å². The van der Waals surface area contributed by atoms with Crippen LogP contribution in [0.25, 0.3) is 0 Å². The minimum Gasteiger partial charge on any atom is -0.324 e. The summed E-state index contributed by atoms with van der Waals surface area (Å²) in [7, 11) is -3.35. The van der Waals surface area contributed by atoms with E-state index in [0.29, 0.717) is 11.3 Å². The Labute approximate surface area is 113 Å². The Bertz CT molecular complexity index is 640. The maximum absolute atomic E-state index is 11.6. The fourth-order valence-electron chi connectivity index (χ4n) is 1.44. The quantitative estimate of drug-likeness (QED) is 0.779. The van der Waals surface area contributed by atoms with Crippen LogP contribution in [-0.2, 0) is 14.6 Å². The first kappa shape index (κ1) is 15.2. The lowest BCUT2D eigenvalue weighted by atomic mass is 10.1. The molecule has 0 aliphatic rings. The average Bonchev–Trinajstić information content (AvgIpc) is 2.27. The Balaban J connectivity index is 2.97. The van der Waals surface area contributed by atoms with Crippen molar-refractivity contribution < 1.29 is 13.2 Å². The molecule has 0 unspecified atom stereocenters. The smallest absolute Gasteiger partial charge is 0.239 e. The van der Waals surface area contributed by atoms with Crippen LogP contribution in [0.15, 0.2) is 18.2 Å². The van der Waals surface area contributed by atoms with Crippen LogP contribution in [0.3, 0.4) is 0 Å². The Hall–Kier alpha value is -1.84. The summed E-state index contributed by atoms with van der Waals surface area (Å²) in [6.45, 7) is 2.11. The highest BCUT2D eigenvalue weighted by atomic mass is 32.2. The van der Waals surface area contributed by atoms with Gasteiger partial charge in [-0.1, -0.05) is 17.9 Å². The lowest BCUT2D eigenvalue weighted by Crippen LogP contribution is -2.22. The van der Waals surface area contributed by atoms with Crippen LogP contribution in [0.4, 0.5) is 5.69 Å². The molecule has 0 heterocycles. The number of sulfone groups is 1. The van der Waals surface area contributed by atoms with E-state index in [1.165, 1.54) is 0 Å². The van der Waals surface area contributed by atoms with E-state index in [1.54, 1.807) is 12.1 Å². The van der Waals surface area contributed by atoms with Crippen molar-refractivity contribution >= 4 is 21.4 Å². The lowest BCUT2D eigenvalue weighted by molar-refractivity contribution is -0.113. The molecule has 102 valence electrons. The monoisotopic (exact) mass is 280 g/mol. The third kappa shape index (κ3) is 5.55. The molecule has 0 aliphatic carbocycles. The van der Waals surface area contributed by atoms with Gasteiger partial charge < -0.3 is 11.1 Å². The minimum atomic E-state index is -3.35. The molecule has 1 aromatic carbocycles. The Morgan fingerprint density at radius 3 is 2.68 bits per heavy atom. The fraction of sp³-hybridized carbons (Fsp3) is 0.308. The third-order valence-corrected chi connectivity index (χ3v) is 2.95. The van der Waals surface area contributed by atoms with Gasteiger partial charge in [-0.3, -0.25) is 4.79 Å². The summed E-state index contributed by atoms with van der Waals surface area (Å²) in [5, 5.41) is 2.54. The first-order valence-corrected chi connectivity index (χ1v) is 7.65. The van der Waals surface area contributed by atoms with E-state index in [-0.39, 0.29) is 6.54 Å². The van der Waals surface area contributed by atoms with Crippen molar-refractivity contribution in [3.05, 3.63) is 29.3 Å². The maximum atomic E-state index is 11.6. The number of rotatable bonds is 3. The van der Waals surface area contributed by atoms with E-state index in [2.05, 4.69) is 17.2 Å². The molecule has 1 amide bonds. The molecule has 19 heavy (non-hydrogen) atoms. The number of carbonyl (C=O) groups excluding carboxylic acids is 1. The summed E-state index contributed by atoms with van der Waals surface area (Å²) in [6.07, 6.45) is 1.01. The molecule has 3 N–H and O–H groups in total. The van der Waals surface area contributed by atoms with Gasteiger partial charge in [-0.25, -0.2) is 8.42 Å². The summed E-state index contributed by atoms with van der Waals surface area (Å²) in [6, 6.07) is 5.30. The maximum Gasteiger partial charge on any atom is 0.239 e. The largest absolute Gasteiger partial charge is 0.324 e. The predicted octanol–water partition coefficient (Wildman–Crippen LogP) is 0.288. The molecule has 5 nitrogen and oxygen atoms in total. The van der Waals surface area contributed by atoms with Crippen LogP contribution in [0.5, 0.6) is 0 Å². The van der Waals surface area contributed by atoms with E-state index in [0.717, 1.165) is 11.8 Å². The normalized spacial score (nSPS) is 10.5. The second-order valence-electron chi connectivity index (χ2n) is 4.17. The molecule has 0 saturated carbocycles. The van der Waals surface area contributed by atoms with Gasteiger partial charge in [0.25, 0.3) is 0 Å². The van der Waals surface area contributed by atoms with E-state index < -0.39 is 21.5 Å². The molecule has 0 atom stereocenters. The number of amides is 1. The van der Waals surface area contributed by atoms with Crippen LogP contribution in [0.1, 0.15) is 11.1 Å². The molecule has 0 aromatic heterocycles. The molecule has 1 rings (SSSR count). The number of hydrogen-bond acceptors (Lipinski definition) is 4. The average molecular weight is 280 g/mol. The second-order valence-corrected chi connectivity index (χ2v) is 6.31. The van der Waals surface area contributed by atoms with Gasteiger partial charge in [0.05, 0.1) is 12.2 Å². The summed E-state index contributed by atoms with van der Waals surface area (Å²) < 4.78 is 22.1. The number of nitrogens with two attached hydrogens (primary N) is 1. The number of benzene rings is 1.